The molecular weight excluding hydrogens is 1100 g/mol. The van der Waals surface area contributed by atoms with Gasteiger partial charge in [0.05, 0.1) is 24.7 Å². The molecule has 0 saturated heterocycles. The van der Waals surface area contributed by atoms with Gasteiger partial charge < -0.3 is 60.6 Å². The Bertz CT molecular complexity index is 2270. The first-order chi connectivity index (χ1) is 39.7. The van der Waals surface area contributed by atoms with Gasteiger partial charge in [0.1, 0.15) is 54.6 Å². The second-order valence-corrected chi connectivity index (χ2v) is 26.3. The van der Waals surface area contributed by atoms with Gasteiger partial charge in [-0.2, -0.15) is 0 Å². The van der Waals surface area contributed by atoms with Crippen LogP contribution < -0.4 is 21.3 Å². The lowest BCUT2D eigenvalue weighted by Gasteiger charge is -2.38. The molecule has 5 N–H and O–H groups in total. The van der Waals surface area contributed by atoms with Gasteiger partial charge in [0, 0.05) is 42.3 Å². The van der Waals surface area contributed by atoms with E-state index in [-0.39, 0.29) is 54.8 Å². The second-order valence-electron chi connectivity index (χ2n) is 26.3. The third-order valence-corrected chi connectivity index (χ3v) is 15.8. The lowest BCUT2D eigenvalue weighted by molar-refractivity contribution is -0.150. The highest BCUT2D eigenvalue weighted by Gasteiger charge is 2.43. The van der Waals surface area contributed by atoms with E-state index in [0.29, 0.717) is 19.3 Å². The second kappa shape index (κ2) is 37.7. The molecule has 0 aromatic rings. The molecule has 23 nitrogen and oxygen atoms in total. The zero-order valence-electron chi connectivity index (χ0n) is 57.1. The molecule has 0 spiro atoms. The van der Waals surface area contributed by atoms with Gasteiger partial charge >= 0.3 is 0 Å². The maximum absolute atomic E-state index is 14.6. The molecule has 0 aromatic heterocycles. The summed E-state index contributed by atoms with van der Waals surface area (Å²) < 4.78 is 0. The number of nitrogens with zero attached hydrogens (tertiary/aromatic N) is 7. The van der Waals surface area contributed by atoms with Crippen molar-refractivity contribution in [3.05, 3.63) is 12.2 Å². The summed E-state index contributed by atoms with van der Waals surface area (Å²) in [5, 5.41) is 22.6. The first kappa shape index (κ1) is 80.0. The Kier molecular flexibility index (Phi) is 35.0. The van der Waals surface area contributed by atoms with Crippen LogP contribution >= 0.6 is 0 Å². The molecule has 23 heteroatoms. The van der Waals surface area contributed by atoms with Crippen molar-refractivity contribution in [2.24, 2.45) is 41.4 Å². The number of hydrogen-bond acceptors (Lipinski definition) is 13. The Morgan fingerprint density at radius 2 is 0.930 bits per heavy atom. The molecule has 0 aliphatic rings. The van der Waals surface area contributed by atoms with Crippen molar-refractivity contribution in [1.82, 2.24) is 55.6 Å². The van der Waals surface area contributed by atoms with Gasteiger partial charge in [0.2, 0.25) is 59.1 Å². The van der Waals surface area contributed by atoms with Crippen LogP contribution in [-0.2, 0) is 52.7 Å². The molecule has 0 rings (SSSR count). The topological polar surface area (TPSA) is 279 Å². The number of carbonyl (C=O) groups excluding carboxylic acids is 11. The van der Waals surface area contributed by atoms with Crippen LogP contribution in [0.15, 0.2) is 12.2 Å². The van der Waals surface area contributed by atoms with Crippen molar-refractivity contribution in [1.29, 1.82) is 0 Å². The fourth-order valence-corrected chi connectivity index (χ4v) is 10.4. The van der Waals surface area contributed by atoms with Crippen LogP contribution in [0.4, 0.5) is 0 Å². The molecule has 0 bridgehead atoms. The quantitative estimate of drug-likeness (QED) is 0.0440. The Morgan fingerprint density at radius 3 is 1.37 bits per heavy atom. The summed E-state index contributed by atoms with van der Waals surface area (Å²) in [6, 6.07) is -10.5. The third-order valence-electron chi connectivity index (χ3n) is 15.8. The highest BCUT2D eigenvalue weighted by Crippen LogP contribution is 2.23. The Labute approximate surface area is 516 Å². The summed E-state index contributed by atoms with van der Waals surface area (Å²) in [5.41, 5.74) is 0. The van der Waals surface area contributed by atoms with Gasteiger partial charge in [-0.05, 0) is 115 Å². The van der Waals surface area contributed by atoms with Crippen LogP contribution in [0.1, 0.15) is 156 Å². The smallest absolute Gasteiger partial charge is 0.246 e. The molecule has 86 heavy (non-hydrogen) atoms. The fourth-order valence-electron chi connectivity index (χ4n) is 10.4. The van der Waals surface area contributed by atoms with Crippen LogP contribution in [-0.4, -0.2) is 234 Å². The third kappa shape index (κ3) is 24.3. The van der Waals surface area contributed by atoms with Gasteiger partial charge in [-0.15, -0.1) is 0 Å². The summed E-state index contributed by atoms with van der Waals surface area (Å²) in [5.74, 6) is -7.23. The van der Waals surface area contributed by atoms with Gasteiger partial charge in [-0.3, -0.25) is 52.8 Å². The summed E-state index contributed by atoms with van der Waals surface area (Å²) in [4.78, 5) is 162. The van der Waals surface area contributed by atoms with Crippen molar-refractivity contribution in [2.75, 3.05) is 62.9 Å². The van der Waals surface area contributed by atoms with Gasteiger partial charge in [0.15, 0.2) is 0 Å². The lowest BCUT2D eigenvalue weighted by atomic mass is 9.91. The normalized spacial score (nSPS) is 16.1. The van der Waals surface area contributed by atoms with Crippen molar-refractivity contribution >= 4 is 65.4 Å². The number of carbonyl (C=O) groups is 11. The highest BCUT2D eigenvalue weighted by molar-refractivity contribution is 5.98. The molecular formula is C63H115N11O12. The van der Waals surface area contributed by atoms with Crippen LogP contribution in [0.25, 0.3) is 0 Å². The number of aliphatic hydroxyl groups is 1. The van der Waals surface area contributed by atoms with Gasteiger partial charge in [-0.25, -0.2) is 0 Å². The maximum atomic E-state index is 14.6. The van der Waals surface area contributed by atoms with E-state index >= 15 is 0 Å². The molecule has 0 aromatic carbocycles. The fraction of sp³-hybridized carbons (Fsp3) is 0.794. The Hall–Kier alpha value is -5.97. The summed E-state index contributed by atoms with van der Waals surface area (Å²) >= 11 is 0. The lowest BCUT2D eigenvalue weighted by Crippen LogP contribution is -2.62. The average Bonchev–Trinajstić information content (AvgIpc) is 2.13. The van der Waals surface area contributed by atoms with Crippen molar-refractivity contribution in [3.8, 4) is 0 Å². The van der Waals surface area contributed by atoms with E-state index in [0.717, 1.165) is 11.2 Å². The van der Waals surface area contributed by atoms with E-state index in [2.05, 4.69) is 21.3 Å². The zero-order valence-corrected chi connectivity index (χ0v) is 57.1. The predicted molar refractivity (Wildman–Crippen MR) is 335 cm³/mol. The number of amides is 10. The van der Waals surface area contributed by atoms with E-state index in [1.165, 1.54) is 80.6 Å². The van der Waals surface area contributed by atoms with Gasteiger partial charge in [0.25, 0.3) is 0 Å². The maximum Gasteiger partial charge on any atom is 0.246 e. The molecule has 0 aliphatic heterocycles. The van der Waals surface area contributed by atoms with E-state index < -0.39 is 138 Å². The minimum Gasteiger partial charge on any atom is -0.390 e. The van der Waals surface area contributed by atoms with E-state index in [4.69, 9.17) is 0 Å². The number of likely N-dealkylation sites (N-methyl/N-ethyl adjacent to an activating group) is 7. The average molecular weight is 1220 g/mol. The first-order valence-electron chi connectivity index (χ1n) is 30.9. The van der Waals surface area contributed by atoms with Crippen LogP contribution in [0.3, 0.4) is 0 Å². The summed E-state index contributed by atoms with van der Waals surface area (Å²) in [6.45, 7) is 30.0. The van der Waals surface area contributed by atoms with Crippen LogP contribution in [0, 0.1) is 41.4 Å². The van der Waals surface area contributed by atoms with Crippen LogP contribution in [0.5, 0.6) is 0 Å². The minimum absolute atomic E-state index is 0.00303. The van der Waals surface area contributed by atoms with E-state index in [1.807, 2.05) is 88.3 Å². The monoisotopic (exact) mass is 1220 g/mol. The SMILES string of the molecule is C/C=C/C[C@@H](C)C(O)[C@@H](C(=O)NC(CC)C(=O)N(C)CC(=O)N(C)[C@@H](CC(C)C)C(=O)NC(C(=O)N(C)C(CC(C)C)C(=O)N[C@@H](C)C(=O)NC(C)C(=O)N(C)[C@@H](CC(C)C)C(=O)N(C)C(C=O)CC(C)C)C(C)C)N(C)C(=O)C(C(C)C)N(C)C. The van der Waals surface area contributed by atoms with Crippen molar-refractivity contribution in [2.45, 2.75) is 223 Å². The van der Waals surface area contributed by atoms with Gasteiger partial charge in [-0.1, -0.05) is 109 Å². The Balaban J connectivity index is 6.58. The first-order valence-corrected chi connectivity index (χ1v) is 30.9. The summed E-state index contributed by atoms with van der Waals surface area (Å²) in [6.07, 6.45) is 4.68. The number of rotatable bonds is 37. The van der Waals surface area contributed by atoms with E-state index in [1.54, 1.807) is 46.7 Å². The molecule has 7 unspecified atom stereocenters. The van der Waals surface area contributed by atoms with Crippen molar-refractivity contribution in [3.63, 3.8) is 0 Å². The predicted octanol–water partition coefficient (Wildman–Crippen LogP) is 3.56. The highest BCUT2D eigenvalue weighted by atomic mass is 16.3. The molecule has 0 radical (unpaired) electrons. The number of aldehydes is 1. The number of nitrogens with one attached hydrogen (secondary N) is 4. The standard InChI is InChI=1S/C63H115N11O12/c1-26-28-29-42(15)54(77)53(74(25)63(86)52(41(13)14)68(18)19)58(81)66-46(27-2)60(83)69(20)34-50(76)71(22)47(31-37(5)6)57(80)67-51(40(11)12)62(85)72(23)48(32-38(7)8)56(79)64-43(16)55(78)65-44(17)59(82)73(24)49(33-39(9)10)61(84)70(21)45(35-75)30-36(3)4/h26,28,35-49,51-54,77H,27,29-34H2,1-25H3,(H,64,79)(H,65,78)(H,66,81)(H,67,80)/b28-26+/t42-,43+,44?,45?,46?,47+,48?,49+,51?,52?,53+,54?/m1/s1. The number of aliphatic hydroxyl groups excluding tert-OH is 1. The number of hydrogen-bond donors (Lipinski definition) is 5. The molecule has 0 fully saturated rings. The molecule has 0 saturated carbocycles. The molecule has 0 aliphatic carbocycles. The molecule has 494 valence electrons. The van der Waals surface area contributed by atoms with E-state index in [9.17, 15) is 57.8 Å². The minimum atomic E-state index is -1.37. The largest absolute Gasteiger partial charge is 0.390 e. The van der Waals surface area contributed by atoms with Crippen molar-refractivity contribution < 1.29 is 57.8 Å². The number of allylic oxidation sites excluding steroid dienone is 2. The summed E-state index contributed by atoms with van der Waals surface area (Å²) in [7, 11) is 12.2. The molecule has 10 amide bonds. The van der Waals surface area contributed by atoms with Crippen LogP contribution in [0.2, 0.25) is 0 Å². The Morgan fingerprint density at radius 1 is 0.465 bits per heavy atom. The molecule has 12 atom stereocenters. The molecule has 0 heterocycles. The zero-order chi connectivity index (χ0) is 67.1.